The molecule has 1 rings (SSSR count). The van der Waals surface area contributed by atoms with E-state index in [0.29, 0.717) is 257 Å². The molecule has 0 spiro atoms. The molecule has 0 N–H and O–H groups in total. The molecule has 0 heterocycles. The monoisotopic (exact) mass is 1150 g/mol. The van der Waals surface area contributed by atoms with E-state index in [1.807, 2.05) is 0 Å². The first-order valence-corrected chi connectivity index (χ1v) is 26.8. The zero-order valence-electron chi connectivity index (χ0n) is 45.0. The average Bonchev–Trinajstić information content (AvgIpc) is 3.41. The van der Waals surface area contributed by atoms with Crippen molar-refractivity contribution in [2.45, 2.75) is 4.90 Å². The summed E-state index contributed by atoms with van der Waals surface area (Å²) in [6.07, 6.45) is 1.11. The van der Waals surface area contributed by atoms with E-state index in [4.69, 9.17) is 99.5 Å². The van der Waals surface area contributed by atoms with Gasteiger partial charge in [0.25, 0.3) is 0 Å². The Hall–Kier alpha value is -0.984. The molecule has 0 atom stereocenters. The number of carbonyl (C=O) groups is 1. The van der Waals surface area contributed by atoms with E-state index in [1.165, 1.54) is 24.3 Å². The molecule has 1 aromatic carbocycles. The van der Waals surface area contributed by atoms with E-state index in [0.717, 1.165) is 6.08 Å². The van der Waals surface area contributed by atoms with Crippen LogP contribution >= 0.6 is 0 Å². The maximum atomic E-state index is 10.9. The Morgan fingerprint density at radius 3 is 0.671 bits per heavy atom. The Balaban J connectivity index is 0.0000562. The van der Waals surface area contributed by atoms with E-state index in [2.05, 4.69) is 6.58 Å². The van der Waals surface area contributed by atoms with Gasteiger partial charge in [0.1, 0.15) is 29.1 Å². The average molecular weight is 1150 g/mol. The van der Waals surface area contributed by atoms with Crippen LogP contribution in [0.15, 0.2) is 41.8 Å². The van der Waals surface area contributed by atoms with E-state index in [9.17, 15) is 17.8 Å². The molecule has 0 saturated carbocycles. The van der Waals surface area contributed by atoms with Crippen LogP contribution in [-0.2, 0) is 110 Å². The zero-order chi connectivity index (χ0) is 53.9. The van der Waals surface area contributed by atoms with Gasteiger partial charge in [0.2, 0.25) is 0 Å². The van der Waals surface area contributed by atoms with Crippen LogP contribution in [0.5, 0.6) is 5.75 Å². The van der Waals surface area contributed by atoms with Crippen molar-refractivity contribution in [3.05, 3.63) is 36.9 Å². The van der Waals surface area contributed by atoms with Gasteiger partial charge in [0.15, 0.2) is 0 Å². The molecule has 25 nitrogen and oxygen atoms in total. The maximum Gasteiger partial charge on any atom is 1.00 e. The van der Waals surface area contributed by atoms with Crippen molar-refractivity contribution >= 4 is 16.1 Å². The molecule has 0 amide bonds. The van der Waals surface area contributed by atoms with Crippen molar-refractivity contribution < 1.29 is 169 Å². The Labute approximate surface area is 493 Å². The van der Waals surface area contributed by atoms with Crippen LogP contribution in [0.25, 0.3) is 0 Å². The summed E-state index contributed by atoms with van der Waals surface area (Å²) in [4.78, 5) is 10.6. The van der Waals surface area contributed by atoms with E-state index >= 15 is 0 Å². The summed E-state index contributed by atoms with van der Waals surface area (Å²) >= 11 is 0. The van der Waals surface area contributed by atoms with Crippen molar-refractivity contribution in [1.29, 1.82) is 0 Å². The van der Waals surface area contributed by atoms with Gasteiger partial charge in [-0.05, 0) is 24.3 Å². The number of hydrogen-bond donors (Lipinski definition) is 0. The molecule has 440 valence electrons. The third kappa shape index (κ3) is 57.7. The Morgan fingerprint density at radius 2 is 0.500 bits per heavy atom. The fourth-order valence-electron chi connectivity index (χ4n) is 5.24. The largest absolute Gasteiger partial charge is 1.00 e. The van der Waals surface area contributed by atoms with E-state index in [-0.39, 0.29) is 69.5 Å². The standard InChI is InChI=1S/C49H88O25S.K/c1-2-49(50)74-46-44-72-42-40-70-38-36-68-34-32-66-30-28-64-26-24-62-22-20-60-18-16-58-14-12-56-10-8-54-7-9-55-11-13-57-15-17-59-19-21-61-23-25-63-27-29-65-31-33-67-35-37-69-39-41-71-43-45-73-47-3-5-48(6-4-47)75(51,52)53;/h2-6H,1,7-46H2,(H,51,52,53);/q;+1/p-1. The minimum Gasteiger partial charge on any atom is -0.744 e. The van der Waals surface area contributed by atoms with Gasteiger partial charge in [-0.25, -0.2) is 13.2 Å². The molecule has 0 aliphatic heterocycles. The zero-order valence-corrected chi connectivity index (χ0v) is 48.9. The van der Waals surface area contributed by atoms with Gasteiger partial charge >= 0.3 is 57.4 Å². The molecule has 0 aromatic heterocycles. The van der Waals surface area contributed by atoms with Crippen molar-refractivity contribution in [3.8, 4) is 5.75 Å². The van der Waals surface area contributed by atoms with Gasteiger partial charge in [-0.15, -0.1) is 0 Å². The van der Waals surface area contributed by atoms with Gasteiger partial charge in [-0.2, -0.15) is 0 Å². The van der Waals surface area contributed by atoms with Gasteiger partial charge in [-0.1, -0.05) is 6.58 Å². The fourth-order valence-corrected chi connectivity index (χ4v) is 5.71. The Kier molecular flexibility index (Phi) is 60.8. The van der Waals surface area contributed by atoms with Crippen LogP contribution in [0, 0.1) is 0 Å². The molecular formula is C49H87KO25S. The summed E-state index contributed by atoms with van der Waals surface area (Å²) in [5.41, 5.74) is 0. The molecule has 1 aromatic rings. The number of carbonyl (C=O) groups excluding carboxylic acids is 1. The summed E-state index contributed by atoms with van der Waals surface area (Å²) < 4.78 is 147. The minimum absolute atomic E-state index is 0. The Morgan fingerprint density at radius 1 is 0.329 bits per heavy atom. The topological polar surface area (TPSA) is 268 Å². The quantitative estimate of drug-likeness (QED) is 0.0225. The second kappa shape index (κ2) is 61.6. The molecule has 0 aliphatic rings. The van der Waals surface area contributed by atoms with Gasteiger partial charge in [-0.3, -0.25) is 0 Å². The third-order valence-corrected chi connectivity index (χ3v) is 9.79. The summed E-state index contributed by atoms with van der Waals surface area (Å²) in [7, 11) is -4.47. The number of rotatable bonds is 63. The summed E-state index contributed by atoms with van der Waals surface area (Å²) in [6, 6.07) is 5.25. The molecule has 27 heteroatoms. The van der Waals surface area contributed by atoms with Crippen molar-refractivity contribution in [2.24, 2.45) is 0 Å². The number of esters is 1. The first-order chi connectivity index (χ1) is 36.9. The molecule has 0 bridgehead atoms. The van der Waals surface area contributed by atoms with Gasteiger partial charge in [0.05, 0.1) is 256 Å². The van der Waals surface area contributed by atoms with Crippen LogP contribution in [0.2, 0.25) is 0 Å². The molecule has 0 radical (unpaired) electrons. The minimum atomic E-state index is -4.47. The normalized spacial score (nSPS) is 11.5. The van der Waals surface area contributed by atoms with Gasteiger partial charge in [0, 0.05) is 6.08 Å². The van der Waals surface area contributed by atoms with Crippen LogP contribution < -0.4 is 56.1 Å². The number of ether oxygens (including phenoxy) is 21. The van der Waals surface area contributed by atoms with Crippen LogP contribution in [0.3, 0.4) is 0 Å². The van der Waals surface area contributed by atoms with Crippen LogP contribution in [0.4, 0.5) is 0 Å². The molecule has 0 unspecified atom stereocenters. The second-order valence-electron chi connectivity index (χ2n) is 14.8. The van der Waals surface area contributed by atoms with Crippen LogP contribution in [-0.4, -0.2) is 283 Å². The van der Waals surface area contributed by atoms with E-state index < -0.39 is 16.1 Å². The smallest absolute Gasteiger partial charge is 0.744 e. The molecular weight excluding hydrogens is 1060 g/mol. The second-order valence-corrected chi connectivity index (χ2v) is 16.2. The third-order valence-electron chi connectivity index (χ3n) is 8.94. The predicted molar refractivity (Wildman–Crippen MR) is 267 cm³/mol. The van der Waals surface area contributed by atoms with Crippen LogP contribution in [0.1, 0.15) is 0 Å². The van der Waals surface area contributed by atoms with Crippen molar-refractivity contribution in [1.82, 2.24) is 0 Å². The first-order valence-electron chi connectivity index (χ1n) is 25.4. The van der Waals surface area contributed by atoms with Crippen molar-refractivity contribution in [2.75, 3.05) is 264 Å². The van der Waals surface area contributed by atoms with Crippen molar-refractivity contribution in [3.63, 3.8) is 0 Å². The molecule has 0 aliphatic carbocycles. The van der Waals surface area contributed by atoms with E-state index in [1.54, 1.807) is 0 Å². The summed E-state index contributed by atoms with van der Waals surface area (Å²) in [5.74, 6) is -0.0231. The number of hydrogen-bond acceptors (Lipinski definition) is 25. The molecule has 0 fully saturated rings. The summed E-state index contributed by atoms with van der Waals surface area (Å²) in [5, 5.41) is 0. The SMILES string of the molecule is C=CC(=O)OCCOCCOCCOCCOCCOCCOCCOCCOCCOCCOCCOCCOCCOCCOCCOCCOCCOCCOCCOCCOc1ccc(S(=O)(=O)[O-])cc1.[K+]. The predicted octanol–water partition coefficient (Wildman–Crippen LogP) is -1.98. The maximum absolute atomic E-state index is 10.9. The Bertz CT molecular complexity index is 1460. The first kappa shape index (κ1) is 75.0. The number of benzene rings is 1. The molecule has 0 saturated heterocycles. The fraction of sp³-hybridized carbons (Fsp3) is 0.816. The summed E-state index contributed by atoms with van der Waals surface area (Å²) in [6.45, 7) is 21.0. The van der Waals surface area contributed by atoms with Gasteiger partial charge < -0.3 is 104 Å². The molecule has 76 heavy (non-hydrogen) atoms.